The van der Waals surface area contributed by atoms with Gasteiger partial charge < -0.3 is 6.16 Å². The monoisotopic (exact) mass is 188 g/mol. The van der Waals surface area contributed by atoms with Gasteiger partial charge in [-0.25, -0.2) is 0 Å². The van der Waals surface area contributed by atoms with Crippen LogP contribution in [-0.4, -0.2) is 11.0 Å². The van der Waals surface area contributed by atoms with Crippen LogP contribution in [0.4, 0.5) is 0 Å². The van der Waals surface area contributed by atoms with Crippen molar-refractivity contribution in [2.45, 2.75) is 20.8 Å². The van der Waals surface area contributed by atoms with Gasteiger partial charge in [0.05, 0.1) is 6.61 Å². The third-order valence-electron chi connectivity index (χ3n) is 0.629. The molecule has 1 nitrogen and oxygen atoms in total. The van der Waals surface area contributed by atoms with Gasteiger partial charge >= 0.3 is 29.6 Å². The molecule has 56 valence electrons. The number of hydrogen-bond acceptors (Lipinski definition) is 2. The molecule has 0 rings (SSSR count). The number of hydrogen-bond donors (Lipinski definition) is 1. The van der Waals surface area contributed by atoms with Crippen molar-refractivity contribution in [3.63, 3.8) is 0 Å². The molecule has 0 radical (unpaired) electrons. The number of ether oxygens (including phenoxy) is 1. The molecular formula is C6H13NaOS2. The van der Waals surface area contributed by atoms with Gasteiger partial charge in [0.15, 0.2) is 0 Å². The van der Waals surface area contributed by atoms with Crippen molar-refractivity contribution in [3.05, 3.63) is 0 Å². The van der Waals surface area contributed by atoms with Crippen LogP contribution in [0.15, 0.2) is 0 Å². The van der Waals surface area contributed by atoms with E-state index in [0.29, 0.717) is 11.0 Å². The van der Waals surface area contributed by atoms with Gasteiger partial charge in [0.25, 0.3) is 0 Å². The number of thiocarbonyl (C=S) groups is 1. The minimum Gasteiger partial charge on any atom is -1.00 e. The minimum atomic E-state index is 0. The Morgan fingerprint density at radius 1 is 1.60 bits per heavy atom. The van der Waals surface area contributed by atoms with Crippen LogP contribution in [0.2, 0.25) is 0 Å². The zero-order valence-corrected chi connectivity index (χ0v) is 10.7. The molecule has 0 aromatic heterocycles. The molecule has 0 atom stereocenters. The van der Waals surface area contributed by atoms with E-state index < -0.39 is 0 Å². The van der Waals surface area contributed by atoms with Gasteiger partial charge in [0, 0.05) is 0 Å². The molecule has 0 bridgehead atoms. The van der Waals surface area contributed by atoms with E-state index in [-0.39, 0.29) is 36.4 Å². The van der Waals surface area contributed by atoms with Gasteiger partial charge in [-0.1, -0.05) is 33.4 Å². The van der Waals surface area contributed by atoms with Crippen molar-refractivity contribution >= 4 is 29.2 Å². The van der Waals surface area contributed by atoms with Gasteiger partial charge in [-0.15, -0.1) is 0 Å². The van der Waals surface area contributed by atoms with E-state index in [1.54, 1.807) is 0 Å². The largest absolute Gasteiger partial charge is 1.00 e. The van der Waals surface area contributed by atoms with Gasteiger partial charge in [0.1, 0.15) is 0 Å². The molecule has 0 saturated carbocycles. The minimum absolute atomic E-state index is 0. The van der Waals surface area contributed by atoms with E-state index in [9.17, 15) is 0 Å². The molecule has 0 heterocycles. The van der Waals surface area contributed by atoms with Crippen LogP contribution in [-0.2, 0) is 4.74 Å². The van der Waals surface area contributed by atoms with E-state index in [4.69, 9.17) is 4.74 Å². The molecule has 0 aromatic carbocycles. The Morgan fingerprint density at radius 2 is 2.00 bits per heavy atom. The predicted molar refractivity (Wildman–Crippen MR) is 48.1 cm³/mol. The molecule has 0 spiro atoms. The summed E-state index contributed by atoms with van der Waals surface area (Å²) in [6, 6.07) is 0. The maximum Gasteiger partial charge on any atom is 1.00 e. The first-order valence-electron chi connectivity index (χ1n) is 2.77. The molecule has 0 aliphatic carbocycles. The molecule has 0 N–H and O–H groups in total. The second-order valence-corrected chi connectivity index (χ2v) is 4.19. The van der Waals surface area contributed by atoms with Gasteiger partial charge in [-0.3, -0.25) is 0 Å². The summed E-state index contributed by atoms with van der Waals surface area (Å²) in [5.74, 6) is 0. The van der Waals surface area contributed by atoms with Crippen molar-refractivity contribution in [2.24, 2.45) is 5.41 Å². The molecular weight excluding hydrogens is 175 g/mol. The van der Waals surface area contributed by atoms with Crippen LogP contribution in [0.1, 0.15) is 22.2 Å². The van der Waals surface area contributed by atoms with Crippen molar-refractivity contribution in [2.75, 3.05) is 6.61 Å². The molecule has 0 aliphatic heterocycles. The van der Waals surface area contributed by atoms with Crippen LogP contribution >= 0.6 is 24.8 Å². The first-order chi connectivity index (χ1) is 3.92. The molecule has 0 aromatic rings. The standard InChI is InChI=1S/C6H12OS2.Na.H/c1-6(2,3)4-7-5(8)9;;/h4H2,1-3H3,(H,8,9);;/q;+1;-1. The first-order valence-corrected chi connectivity index (χ1v) is 3.63. The summed E-state index contributed by atoms with van der Waals surface area (Å²) >= 11 is 8.42. The van der Waals surface area contributed by atoms with E-state index in [0.717, 1.165) is 0 Å². The van der Waals surface area contributed by atoms with Crippen LogP contribution in [0.5, 0.6) is 0 Å². The maximum atomic E-state index is 5.00. The average molecular weight is 188 g/mol. The summed E-state index contributed by atoms with van der Waals surface area (Å²) in [7, 11) is 0. The summed E-state index contributed by atoms with van der Waals surface area (Å²) < 4.78 is 5.33. The van der Waals surface area contributed by atoms with Crippen molar-refractivity contribution in [3.8, 4) is 0 Å². The zero-order valence-electron chi connectivity index (χ0n) is 7.97. The van der Waals surface area contributed by atoms with Crippen LogP contribution in [0.3, 0.4) is 0 Å². The quantitative estimate of drug-likeness (QED) is 0.334. The molecule has 0 unspecified atom stereocenters. The van der Waals surface area contributed by atoms with Gasteiger partial charge in [0.2, 0.25) is 4.38 Å². The van der Waals surface area contributed by atoms with E-state index in [1.807, 2.05) is 0 Å². The van der Waals surface area contributed by atoms with E-state index >= 15 is 0 Å². The van der Waals surface area contributed by atoms with Crippen molar-refractivity contribution < 1.29 is 35.7 Å². The first kappa shape index (κ1) is 13.8. The second-order valence-electron chi connectivity index (χ2n) is 3.12. The Balaban J connectivity index is -0.000000320. The number of thiol groups is 1. The predicted octanol–water partition coefficient (Wildman–Crippen LogP) is -0.620. The summed E-state index contributed by atoms with van der Waals surface area (Å²) in [5, 5.41) is 0. The fourth-order valence-electron chi connectivity index (χ4n) is 0.278. The van der Waals surface area contributed by atoms with Crippen molar-refractivity contribution in [1.82, 2.24) is 0 Å². The normalized spacial score (nSPS) is 10.0. The summed E-state index contributed by atoms with van der Waals surface area (Å²) in [6.07, 6.45) is 0. The van der Waals surface area contributed by atoms with E-state index in [2.05, 4.69) is 45.6 Å². The second kappa shape index (κ2) is 5.84. The Labute approximate surface area is 97.1 Å². The molecule has 10 heavy (non-hydrogen) atoms. The number of rotatable bonds is 1. The third kappa shape index (κ3) is 12.0. The van der Waals surface area contributed by atoms with E-state index in [1.165, 1.54) is 0 Å². The SMILES string of the molecule is CC(C)(C)COC(=S)S.[H-].[Na+]. The smallest absolute Gasteiger partial charge is 1.00 e. The Bertz CT molecular complexity index is 114. The summed E-state index contributed by atoms with van der Waals surface area (Å²) in [4.78, 5) is 0. The molecule has 0 amide bonds. The summed E-state index contributed by atoms with van der Waals surface area (Å²) in [6.45, 7) is 6.88. The Kier molecular flexibility index (Phi) is 8.06. The molecule has 0 fully saturated rings. The van der Waals surface area contributed by atoms with Crippen molar-refractivity contribution in [1.29, 1.82) is 0 Å². The van der Waals surface area contributed by atoms with Crippen LogP contribution in [0, 0.1) is 5.41 Å². The molecule has 0 saturated heterocycles. The Hall–Kier alpha value is 1.24. The Morgan fingerprint density at radius 3 is 2.10 bits per heavy atom. The topological polar surface area (TPSA) is 9.23 Å². The maximum absolute atomic E-state index is 5.00. The van der Waals surface area contributed by atoms with Gasteiger partial charge in [-0.2, -0.15) is 0 Å². The molecule has 0 aliphatic rings. The fourth-order valence-corrected chi connectivity index (χ4v) is 0.402. The molecule has 4 heteroatoms. The summed E-state index contributed by atoms with van der Waals surface area (Å²) in [5.41, 5.74) is 0.173. The zero-order chi connectivity index (χ0) is 7.49. The average Bonchev–Trinajstić information content (AvgIpc) is 1.59. The van der Waals surface area contributed by atoms with Gasteiger partial charge in [-0.05, 0) is 17.6 Å². The van der Waals surface area contributed by atoms with Crippen LogP contribution < -0.4 is 29.6 Å². The third-order valence-corrected chi connectivity index (χ3v) is 0.876. The fraction of sp³-hybridized carbons (Fsp3) is 0.833. The van der Waals surface area contributed by atoms with Crippen LogP contribution in [0.25, 0.3) is 0 Å².